The molecular weight excluding hydrogens is 448 g/mol. The van der Waals surface area contributed by atoms with Gasteiger partial charge in [0.2, 0.25) is 11.8 Å². The Balaban J connectivity index is 1.70. The van der Waals surface area contributed by atoms with Gasteiger partial charge in [0, 0.05) is 17.5 Å². The van der Waals surface area contributed by atoms with Crippen LogP contribution in [0.15, 0.2) is 65.3 Å². The summed E-state index contributed by atoms with van der Waals surface area (Å²) in [4.78, 5) is 24.4. The second kappa shape index (κ2) is 10.1. The summed E-state index contributed by atoms with van der Waals surface area (Å²) >= 11 is 3.53. The van der Waals surface area contributed by atoms with E-state index in [9.17, 15) is 9.59 Å². The number of rotatable bonds is 8. The number of carbonyl (C=O) groups excluding carboxylic acids is 2. The van der Waals surface area contributed by atoms with Crippen LogP contribution < -0.4 is 15.4 Å². The predicted octanol–water partition coefficient (Wildman–Crippen LogP) is 3.91. The summed E-state index contributed by atoms with van der Waals surface area (Å²) in [7, 11) is 1.59. The van der Waals surface area contributed by atoms with E-state index >= 15 is 0 Å². The fourth-order valence-corrected chi connectivity index (χ4v) is 3.48. The second-order valence-corrected chi connectivity index (χ2v) is 7.60. The number of aromatic nitrogens is 2. The molecule has 8 heteroatoms. The van der Waals surface area contributed by atoms with Gasteiger partial charge in [-0.3, -0.25) is 9.59 Å². The van der Waals surface area contributed by atoms with Crippen LogP contribution in [0.4, 0.5) is 5.82 Å². The first kappa shape index (κ1) is 21.6. The number of nitrogens with one attached hydrogen (secondary N) is 2. The lowest BCUT2D eigenvalue weighted by atomic mass is 10.0. The molecule has 2 N–H and O–H groups in total. The standard InChI is InChI=1S/C22H23BrN4O3/c1-15(28)25-20(16-7-9-18(30-2)10-8-16)13-22(29)26-21-11-12-24-27(21)14-17-5-3-4-6-19(17)23/h3-12,20H,13-14H2,1-2H3,(H,25,28)(H,26,29). The molecule has 1 aromatic heterocycles. The quantitative estimate of drug-likeness (QED) is 0.522. The number of hydrogen-bond donors (Lipinski definition) is 2. The molecule has 3 aromatic rings. The first-order valence-corrected chi connectivity index (χ1v) is 10.2. The first-order chi connectivity index (χ1) is 14.5. The Hall–Kier alpha value is -3.13. The molecule has 0 saturated heterocycles. The lowest BCUT2D eigenvalue weighted by molar-refractivity contribution is -0.120. The summed E-state index contributed by atoms with van der Waals surface area (Å²) in [6.45, 7) is 1.94. The molecule has 1 heterocycles. The highest BCUT2D eigenvalue weighted by molar-refractivity contribution is 9.10. The van der Waals surface area contributed by atoms with Crippen molar-refractivity contribution in [3.05, 3.63) is 76.4 Å². The smallest absolute Gasteiger partial charge is 0.227 e. The maximum Gasteiger partial charge on any atom is 0.227 e. The van der Waals surface area contributed by atoms with Gasteiger partial charge in [0.05, 0.1) is 32.3 Å². The van der Waals surface area contributed by atoms with E-state index in [2.05, 4.69) is 31.7 Å². The van der Waals surface area contributed by atoms with Crippen molar-refractivity contribution in [1.82, 2.24) is 15.1 Å². The lowest BCUT2D eigenvalue weighted by Gasteiger charge is -2.19. The Morgan fingerprint density at radius 2 is 1.87 bits per heavy atom. The Morgan fingerprint density at radius 1 is 1.13 bits per heavy atom. The van der Waals surface area contributed by atoms with Crippen LogP contribution >= 0.6 is 15.9 Å². The third kappa shape index (κ3) is 5.70. The molecule has 156 valence electrons. The summed E-state index contributed by atoms with van der Waals surface area (Å²) in [5.41, 5.74) is 1.87. The fraction of sp³-hybridized carbons (Fsp3) is 0.227. The Labute approximate surface area is 183 Å². The van der Waals surface area contributed by atoms with Gasteiger partial charge in [-0.05, 0) is 29.3 Å². The molecule has 0 aliphatic rings. The summed E-state index contributed by atoms with van der Waals surface area (Å²) in [6.07, 6.45) is 1.73. The zero-order valence-electron chi connectivity index (χ0n) is 16.8. The molecule has 30 heavy (non-hydrogen) atoms. The van der Waals surface area contributed by atoms with Crippen molar-refractivity contribution in [3.8, 4) is 5.75 Å². The highest BCUT2D eigenvalue weighted by Crippen LogP contribution is 2.22. The highest BCUT2D eigenvalue weighted by Gasteiger charge is 2.18. The van der Waals surface area contributed by atoms with Gasteiger partial charge in [0.1, 0.15) is 11.6 Å². The number of benzene rings is 2. The number of ether oxygens (including phenoxy) is 1. The van der Waals surface area contributed by atoms with Gasteiger partial charge in [-0.15, -0.1) is 0 Å². The maximum atomic E-state index is 12.7. The Kier molecular flexibility index (Phi) is 7.24. The molecule has 0 bridgehead atoms. The minimum Gasteiger partial charge on any atom is -0.497 e. The van der Waals surface area contributed by atoms with Gasteiger partial charge >= 0.3 is 0 Å². The first-order valence-electron chi connectivity index (χ1n) is 9.42. The molecule has 1 atom stereocenters. The van der Waals surface area contributed by atoms with Gasteiger partial charge in [-0.2, -0.15) is 5.10 Å². The van der Waals surface area contributed by atoms with Gasteiger partial charge in [-0.25, -0.2) is 4.68 Å². The van der Waals surface area contributed by atoms with Gasteiger partial charge < -0.3 is 15.4 Å². The van der Waals surface area contributed by atoms with E-state index in [0.717, 1.165) is 15.6 Å². The van der Waals surface area contributed by atoms with Crippen LogP contribution in [0.2, 0.25) is 0 Å². The van der Waals surface area contributed by atoms with Crippen LogP contribution in [0.3, 0.4) is 0 Å². The number of methoxy groups -OCH3 is 1. The van der Waals surface area contributed by atoms with Crippen LogP contribution in [-0.4, -0.2) is 28.7 Å². The molecule has 0 aliphatic carbocycles. The number of carbonyl (C=O) groups is 2. The van der Waals surface area contributed by atoms with Crippen molar-refractivity contribution < 1.29 is 14.3 Å². The highest BCUT2D eigenvalue weighted by atomic mass is 79.9. The summed E-state index contributed by atoms with van der Waals surface area (Å²) in [5.74, 6) is 0.869. The van der Waals surface area contributed by atoms with Crippen molar-refractivity contribution in [2.75, 3.05) is 12.4 Å². The molecular formula is C22H23BrN4O3. The van der Waals surface area contributed by atoms with Gasteiger partial charge in [0.15, 0.2) is 0 Å². The second-order valence-electron chi connectivity index (χ2n) is 6.74. The van der Waals surface area contributed by atoms with Crippen molar-refractivity contribution in [3.63, 3.8) is 0 Å². The third-order valence-corrected chi connectivity index (χ3v) is 5.32. The molecule has 3 rings (SSSR count). The maximum absolute atomic E-state index is 12.7. The lowest BCUT2D eigenvalue weighted by Crippen LogP contribution is -2.30. The summed E-state index contributed by atoms with van der Waals surface area (Å²) in [6, 6.07) is 16.4. The van der Waals surface area contributed by atoms with Gasteiger partial charge in [0.25, 0.3) is 0 Å². The third-order valence-electron chi connectivity index (χ3n) is 4.55. The number of halogens is 1. The molecule has 0 spiro atoms. The monoisotopic (exact) mass is 470 g/mol. The van der Waals surface area contributed by atoms with Crippen LogP contribution in [0.25, 0.3) is 0 Å². The molecule has 7 nitrogen and oxygen atoms in total. The topological polar surface area (TPSA) is 85.2 Å². The molecule has 0 aliphatic heterocycles. The van der Waals surface area contributed by atoms with Crippen LogP contribution in [0, 0.1) is 0 Å². The molecule has 2 aromatic carbocycles. The van der Waals surface area contributed by atoms with E-state index in [1.165, 1.54) is 6.92 Å². The number of anilines is 1. The van der Waals surface area contributed by atoms with Crippen molar-refractivity contribution in [2.24, 2.45) is 0 Å². The van der Waals surface area contributed by atoms with Crippen molar-refractivity contribution >= 4 is 33.6 Å². The zero-order chi connectivity index (χ0) is 21.5. The number of hydrogen-bond acceptors (Lipinski definition) is 4. The average Bonchev–Trinajstić information content (AvgIpc) is 3.15. The van der Waals surface area contributed by atoms with E-state index in [1.54, 1.807) is 36.2 Å². The molecule has 2 amide bonds. The van der Waals surface area contributed by atoms with Crippen LogP contribution in [0.1, 0.15) is 30.5 Å². The summed E-state index contributed by atoms with van der Waals surface area (Å²) < 4.78 is 7.87. The van der Waals surface area contributed by atoms with Crippen molar-refractivity contribution in [1.29, 1.82) is 0 Å². The van der Waals surface area contributed by atoms with E-state index in [-0.39, 0.29) is 18.2 Å². The minimum atomic E-state index is -0.451. The predicted molar refractivity (Wildman–Crippen MR) is 118 cm³/mol. The minimum absolute atomic E-state index is 0.0894. The van der Waals surface area contributed by atoms with Crippen LogP contribution in [-0.2, 0) is 16.1 Å². The van der Waals surface area contributed by atoms with Crippen molar-refractivity contribution in [2.45, 2.75) is 25.9 Å². The largest absolute Gasteiger partial charge is 0.497 e. The normalized spacial score (nSPS) is 11.6. The Bertz CT molecular complexity index is 1020. The summed E-state index contributed by atoms with van der Waals surface area (Å²) in [5, 5.41) is 10.0. The SMILES string of the molecule is COc1ccc(C(CC(=O)Nc2ccnn2Cc2ccccc2Br)NC(C)=O)cc1. The molecule has 0 saturated carbocycles. The average molecular weight is 471 g/mol. The van der Waals surface area contributed by atoms with Crippen LogP contribution in [0.5, 0.6) is 5.75 Å². The number of amides is 2. The van der Waals surface area contributed by atoms with E-state index in [1.807, 2.05) is 36.4 Å². The fourth-order valence-electron chi connectivity index (χ4n) is 3.07. The van der Waals surface area contributed by atoms with E-state index < -0.39 is 6.04 Å². The Morgan fingerprint density at radius 3 is 2.53 bits per heavy atom. The zero-order valence-corrected chi connectivity index (χ0v) is 18.3. The van der Waals surface area contributed by atoms with E-state index in [4.69, 9.17) is 4.74 Å². The molecule has 0 fully saturated rings. The number of nitrogens with zero attached hydrogens (tertiary/aromatic N) is 2. The van der Waals surface area contributed by atoms with Gasteiger partial charge in [-0.1, -0.05) is 46.3 Å². The van der Waals surface area contributed by atoms with E-state index in [0.29, 0.717) is 18.1 Å². The molecule has 0 radical (unpaired) electrons. The molecule has 1 unspecified atom stereocenters.